The Bertz CT molecular complexity index is 277. The lowest BCUT2D eigenvalue weighted by Gasteiger charge is -2.32. The van der Waals surface area contributed by atoms with Crippen LogP contribution in [0.15, 0.2) is 0 Å². The number of carbonyl (C=O) groups is 2. The van der Waals surface area contributed by atoms with Crippen LogP contribution in [0.25, 0.3) is 0 Å². The lowest BCUT2D eigenvalue weighted by molar-refractivity contribution is -0.176. The van der Waals surface area contributed by atoms with Crippen molar-refractivity contribution >= 4 is 12.2 Å². The molecule has 0 aromatic rings. The molecule has 8 nitrogen and oxygen atoms in total. The van der Waals surface area contributed by atoms with Gasteiger partial charge < -0.3 is 30.8 Å². The minimum Gasteiger partial charge on any atom is -0.394 e. The molecule has 8 heteroatoms. The van der Waals surface area contributed by atoms with E-state index in [0.29, 0.717) is 0 Å². The van der Waals surface area contributed by atoms with Gasteiger partial charge in [-0.15, -0.1) is 0 Å². The molecule has 0 rings (SSSR count). The molecular formula is C8H15NO7. The molecule has 0 aromatic heterocycles. The Morgan fingerprint density at radius 3 is 2.50 bits per heavy atom. The zero-order valence-electron chi connectivity index (χ0n) is 9.28. The van der Waals surface area contributed by atoms with E-state index < -0.39 is 43.5 Å². The van der Waals surface area contributed by atoms with Crippen LogP contribution >= 0.6 is 0 Å². The van der Waals surface area contributed by atoms with Gasteiger partial charge in [-0.25, -0.2) is 0 Å². The Hall–Kier alpha value is -1.06. The highest BCUT2D eigenvalue weighted by Crippen LogP contribution is 2.11. The van der Waals surface area contributed by atoms with Crippen molar-refractivity contribution in [3.8, 4) is 0 Å². The quantitative estimate of drug-likeness (QED) is 0.204. The summed E-state index contributed by atoms with van der Waals surface area (Å²) in [7, 11) is 0. The minimum atomic E-state index is -2.84. The predicted octanol–water partition coefficient (Wildman–Crippen LogP) is -3.91. The van der Waals surface area contributed by atoms with Gasteiger partial charge in [-0.05, 0) is 0 Å². The first-order valence-electron chi connectivity index (χ1n) is 4.97. The maximum Gasteiger partial charge on any atom is 0.224 e. The molecule has 0 saturated heterocycles. The summed E-state index contributed by atoms with van der Waals surface area (Å²) in [4.78, 5) is 21.4. The molecule has 0 unspecified atom stereocenters. The molecule has 94 valence electrons. The molecule has 0 aliphatic heterocycles. The van der Waals surface area contributed by atoms with E-state index >= 15 is 0 Å². The summed E-state index contributed by atoms with van der Waals surface area (Å²) >= 11 is 0. The number of nitrogens with one attached hydrogen (secondary N) is 1. The predicted molar refractivity (Wildman–Crippen MR) is 49.9 cm³/mol. The van der Waals surface area contributed by atoms with E-state index in [1.165, 1.54) is 0 Å². The van der Waals surface area contributed by atoms with Crippen molar-refractivity contribution in [2.24, 2.45) is 0 Å². The molecule has 0 aliphatic rings. The highest BCUT2D eigenvalue weighted by molar-refractivity contribution is 5.79. The summed E-state index contributed by atoms with van der Waals surface area (Å²) in [6.45, 7) is -1.72. The van der Waals surface area contributed by atoms with Crippen LogP contribution in [-0.2, 0) is 9.59 Å². The zero-order chi connectivity index (χ0) is 13.6. The molecule has 0 saturated carbocycles. The molecular weight excluding hydrogens is 222 g/mol. The van der Waals surface area contributed by atoms with Gasteiger partial charge in [-0.1, -0.05) is 0 Å². The molecule has 1 amide bonds. The molecule has 0 bridgehead atoms. The maximum absolute atomic E-state index is 10.8. The van der Waals surface area contributed by atoms with Crippen molar-refractivity contribution < 1.29 is 36.5 Å². The van der Waals surface area contributed by atoms with Gasteiger partial charge in [0, 0.05) is 8.27 Å². The molecule has 6 N–H and O–H groups in total. The second kappa shape index (κ2) is 5.87. The van der Waals surface area contributed by atoms with Crippen LogP contribution in [0.4, 0.5) is 0 Å². The van der Waals surface area contributed by atoms with Crippen molar-refractivity contribution in [3.05, 3.63) is 0 Å². The smallest absolute Gasteiger partial charge is 0.224 e. The topological polar surface area (TPSA) is 147 Å². The Morgan fingerprint density at radius 2 is 2.12 bits per heavy atom. The number of amides is 1. The van der Waals surface area contributed by atoms with E-state index in [4.69, 9.17) is 11.6 Å². The minimum absolute atomic E-state index is 0.251. The summed E-state index contributed by atoms with van der Waals surface area (Å²) in [6, 6.07) is 0. The number of aldehydes is 1. The molecule has 16 heavy (non-hydrogen) atoms. The normalized spacial score (nSPS) is 21.2. The number of carbonyl (C=O) groups excluding carboxylic acids is 2. The van der Waals surface area contributed by atoms with Crippen molar-refractivity contribution in [2.45, 2.75) is 30.9 Å². The fraction of sp³-hybridized carbons (Fsp3) is 0.750. The largest absolute Gasteiger partial charge is 0.394 e. The van der Waals surface area contributed by atoms with Crippen LogP contribution in [0, 0.1) is 0 Å². The van der Waals surface area contributed by atoms with Crippen LogP contribution in [0.5, 0.6) is 0 Å². The van der Waals surface area contributed by atoms with Gasteiger partial charge in [-0.3, -0.25) is 9.59 Å². The fourth-order valence-electron chi connectivity index (χ4n) is 0.975. The Morgan fingerprint density at radius 1 is 1.56 bits per heavy atom. The number of rotatable bonds is 6. The van der Waals surface area contributed by atoms with Crippen molar-refractivity contribution in [1.82, 2.24) is 5.32 Å². The third-order valence-electron chi connectivity index (χ3n) is 1.88. The van der Waals surface area contributed by atoms with E-state index in [1.54, 1.807) is 5.32 Å². The number of hydrogen-bond acceptors (Lipinski definition) is 7. The lowest BCUT2D eigenvalue weighted by atomic mass is 9.99. The van der Waals surface area contributed by atoms with E-state index in [1.807, 2.05) is 0 Å². The van der Waals surface area contributed by atoms with Gasteiger partial charge in [-0.2, -0.15) is 0 Å². The molecule has 0 spiro atoms. The van der Waals surface area contributed by atoms with Gasteiger partial charge in [0.1, 0.15) is 18.3 Å². The summed E-state index contributed by atoms with van der Waals surface area (Å²) in [5.74, 6) is -1.07. The summed E-state index contributed by atoms with van der Waals surface area (Å²) in [5, 5.41) is 47.3. The standard InChI is InChI=1S/C8H15NO7/c1-4(12)9-8(16,3-11)7(15)6(14)5(13)2-10/h3,5-7,10,13-16H,2H2,1H3,(H,9,12)/t5-,6-,7+,8+/m1/s1/i1D. The molecule has 0 radical (unpaired) electrons. The second-order valence-electron chi connectivity index (χ2n) is 3.18. The van der Waals surface area contributed by atoms with Crippen molar-refractivity contribution in [2.75, 3.05) is 6.61 Å². The number of aliphatic hydroxyl groups excluding tert-OH is 4. The summed E-state index contributed by atoms with van der Waals surface area (Å²) in [5.41, 5.74) is -2.84. The lowest BCUT2D eigenvalue weighted by Crippen LogP contribution is -2.63. The number of hydrogen-bond donors (Lipinski definition) is 6. The van der Waals surface area contributed by atoms with E-state index in [9.17, 15) is 24.9 Å². The molecule has 0 fully saturated rings. The fourth-order valence-corrected chi connectivity index (χ4v) is 0.975. The van der Waals surface area contributed by atoms with Crippen molar-refractivity contribution in [1.29, 1.82) is 0 Å². The van der Waals surface area contributed by atoms with Crippen molar-refractivity contribution in [3.63, 3.8) is 0 Å². The first kappa shape index (κ1) is 13.0. The van der Waals surface area contributed by atoms with Crippen LogP contribution in [0.1, 0.15) is 8.27 Å². The SMILES string of the molecule is [2H]CC(=O)N[C@](O)(C=O)[C@@H](O)[C@H](O)[C@H](O)CO. The molecule has 4 atom stereocenters. The molecule has 0 heterocycles. The Kier molecular flexibility index (Phi) is 4.77. The zero-order valence-corrected chi connectivity index (χ0v) is 8.28. The van der Waals surface area contributed by atoms with Gasteiger partial charge >= 0.3 is 0 Å². The number of aliphatic hydroxyl groups is 5. The molecule has 0 aliphatic carbocycles. The third kappa shape index (κ3) is 3.51. The van der Waals surface area contributed by atoms with Gasteiger partial charge in [0.15, 0.2) is 6.29 Å². The van der Waals surface area contributed by atoms with Gasteiger partial charge in [0.2, 0.25) is 11.6 Å². The van der Waals surface area contributed by atoms with Gasteiger partial charge in [0.25, 0.3) is 0 Å². The summed E-state index contributed by atoms with van der Waals surface area (Å²) in [6.07, 6.45) is -6.36. The van der Waals surface area contributed by atoms with Crippen LogP contribution < -0.4 is 5.32 Å². The summed E-state index contributed by atoms with van der Waals surface area (Å²) < 4.78 is 6.66. The van der Waals surface area contributed by atoms with Gasteiger partial charge in [0.05, 0.1) is 6.61 Å². The first-order valence-corrected chi connectivity index (χ1v) is 4.26. The average Bonchev–Trinajstić information content (AvgIpc) is 2.35. The van der Waals surface area contributed by atoms with E-state index in [2.05, 4.69) is 0 Å². The second-order valence-corrected chi connectivity index (χ2v) is 3.18. The van der Waals surface area contributed by atoms with Crippen LogP contribution in [-0.4, -0.2) is 68.4 Å². The monoisotopic (exact) mass is 238 g/mol. The first-order chi connectivity index (χ1) is 7.82. The van der Waals surface area contributed by atoms with E-state index in [-0.39, 0.29) is 6.29 Å². The Labute approximate surface area is 92.5 Å². The van der Waals surface area contributed by atoms with E-state index in [0.717, 1.165) is 0 Å². The average molecular weight is 238 g/mol. The van der Waals surface area contributed by atoms with Crippen LogP contribution in [0.3, 0.4) is 0 Å². The highest BCUT2D eigenvalue weighted by Gasteiger charge is 2.43. The highest BCUT2D eigenvalue weighted by atomic mass is 16.4. The Balaban J connectivity index is 4.84. The third-order valence-corrected chi connectivity index (χ3v) is 1.88. The van der Waals surface area contributed by atoms with Crippen LogP contribution in [0.2, 0.25) is 0 Å². The maximum atomic E-state index is 10.8. The molecule has 0 aromatic carbocycles.